The predicted octanol–water partition coefficient (Wildman–Crippen LogP) is 1.32. The van der Waals surface area contributed by atoms with Gasteiger partial charge in [-0.25, -0.2) is 0 Å². The molecule has 16 heavy (non-hydrogen) atoms. The van der Waals surface area contributed by atoms with Crippen molar-refractivity contribution in [3.05, 3.63) is 28.3 Å². The van der Waals surface area contributed by atoms with Crippen molar-refractivity contribution >= 4 is 17.5 Å². The minimum atomic E-state index is -0.446. The lowest BCUT2D eigenvalue weighted by atomic mass is 10.1. The number of halogens is 1. The second-order valence-corrected chi connectivity index (χ2v) is 4.17. The van der Waals surface area contributed by atoms with E-state index in [2.05, 4.69) is 5.32 Å². The highest BCUT2D eigenvalue weighted by Gasteiger charge is 2.10. The second-order valence-electron chi connectivity index (χ2n) is 3.74. The Labute approximate surface area is 99.4 Å². The molecule has 0 radical (unpaired) electrons. The molecule has 0 aliphatic rings. The van der Waals surface area contributed by atoms with Gasteiger partial charge in [-0.2, -0.15) is 0 Å². The SMILES string of the molecule is Cc1cc(Cl)cc(CNC(C)C(N)=O)c1O. The number of hydrogen-bond acceptors (Lipinski definition) is 3. The monoisotopic (exact) mass is 242 g/mol. The molecule has 4 N–H and O–H groups in total. The first-order valence-electron chi connectivity index (χ1n) is 4.92. The molecule has 88 valence electrons. The molecule has 5 heteroatoms. The number of phenols is 1. The molecule has 0 aliphatic heterocycles. The first kappa shape index (κ1) is 12.8. The van der Waals surface area contributed by atoms with Gasteiger partial charge in [0.2, 0.25) is 5.91 Å². The summed E-state index contributed by atoms with van der Waals surface area (Å²) in [4.78, 5) is 10.8. The van der Waals surface area contributed by atoms with Crippen molar-refractivity contribution in [2.24, 2.45) is 5.73 Å². The molecule has 0 aromatic heterocycles. The maximum absolute atomic E-state index is 10.8. The van der Waals surface area contributed by atoms with Gasteiger partial charge in [-0.3, -0.25) is 4.79 Å². The maximum atomic E-state index is 10.8. The Morgan fingerprint density at radius 2 is 2.25 bits per heavy atom. The average Bonchev–Trinajstić information content (AvgIpc) is 2.20. The van der Waals surface area contributed by atoms with Crippen LogP contribution in [-0.2, 0) is 11.3 Å². The van der Waals surface area contributed by atoms with Gasteiger partial charge in [0.05, 0.1) is 6.04 Å². The molecule has 0 heterocycles. The summed E-state index contributed by atoms with van der Waals surface area (Å²) in [5.41, 5.74) is 6.46. The first-order valence-corrected chi connectivity index (χ1v) is 5.30. The number of aromatic hydroxyl groups is 1. The van der Waals surface area contributed by atoms with Gasteiger partial charge in [0.1, 0.15) is 5.75 Å². The Hall–Kier alpha value is -1.26. The van der Waals surface area contributed by atoms with Gasteiger partial charge in [-0.1, -0.05) is 11.6 Å². The first-order chi connectivity index (χ1) is 7.41. The molecule has 1 rings (SSSR count). The smallest absolute Gasteiger partial charge is 0.234 e. The van der Waals surface area contributed by atoms with Crippen LogP contribution in [0.1, 0.15) is 18.1 Å². The number of nitrogens with one attached hydrogen (secondary N) is 1. The number of phenolic OH excluding ortho intramolecular Hbond substituents is 1. The Bertz CT molecular complexity index is 407. The molecule has 4 nitrogen and oxygen atoms in total. The van der Waals surface area contributed by atoms with Crippen molar-refractivity contribution in [2.75, 3.05) is 0 Å². The number of nitrogens with two attached hydrogens (primary N) is 1. The number of hydrogen-bond donors (Lipinski definition) is 3. The molecule has 0 fully saturated rings. The van der Waals surface area contributed by atoms with Crippen molar-refractivity contribution in [1.29, 1.82) is 0 Å². The molecule has 1 aromatic rings. The fraction of sp³-hybridized carbons (Fsp3) is 0.364. The lowest BCUT2D eigenvalue weighted by molar-refractivity contribution is -0.119. The topological polar surface area (TPSA) is 75.3 Å². The summed E-state index contributed by atoms with van der Waals surface area (Å²) in [5, 5.41) is 13.2. The van der Waals surface area contributed by atoms with Crippen molar-refractivity contribution in [2.45, 2.75) is 26.4 Å². The highest BCUT2D eigenvalue weighted by Crippen LogP contribution is 2.26. The summed E-state index contributed by atoms with van der Waals surface area (Å²) in [6.07, 6.45) is 0. The number of primary amides is 1. The van der Waals surface area contributed by atoms with Gasteiger partial charge in [-0.15, -0.1) is 0 Å². The second kappa shape index (κ2) is 5.18. The summed E-state index contributed by atoms with van der Waals surface area (Å²) in [5.74, 6) is -0.244. The van der Waals surface area contributed by atoms with Crippen LogP contribution >= 0.6 is 11.6 Å². The third-order valence-electron chi connectivity index (χ3n) is 2.37. The van der Waals surface area contributed by atoms with Crippen molar-refractivity contribution < 1.29 is 9.90 Å². The fourth-order valence-corrected chi connectivity index (χ4v) is 1.60. The van der Waals surface area contributed by atoms with Crippen LogP contribution in [0.3, 0.4) is 0 Å². The molecular weight excluding hydrogens is 228 g/mol. The van der Waals surface area contributed by atoms with E-state index < -0.39 is 11.9 Å². The van der Waals surface area contributed by atoms with E-state index in [0.29, 0.717) is 22.7 Å². The minimum Gasteiger partial charge on any atom is -0.507 e. The summed E-state index contributed by atoms with van der Waals surface area (Å²) < 4.78 is 0. The Morgan fingerprint density at radius 3 is 2.81 bits per heavy atom. The molecule has 1 amide bonds. The van der Waals surface area contributed by atoms with Crippen LogP contribution in [0.15, 0.2) is 12.1 Å². The van der Waals surface area contributed by atoms with Crippen molar-refractivity contribution in [1.82, 2.24) is 5.32 Å². The van der Waals surface area contributed by atoms with E-state index in [0.717, 1.165) is 0 Å². The predicted molar refractivity (Wildman–Crippen MR) is 63.3 cm³/mol. The number of rotatable bonds is 4. The van der Waals surface area contributed by atoms with Crippen molar-refractivity contribution in [3.8, 4) is 5.75 Å². The normalized spacial score (nSPS) is 12.4. The molecule has 0 spiro atoms. The summed E-state index contributed by atoms with van der Waals surface area (Å²) in [6.45, 7) is 3.77. The summed E-state index contributed by atoms with van der Waals surface area (Å²) in [7, 11) is 0. The molecule has 0 saturated carbocycles. The Balaban J connectivity index is 2.78. The number of carbonyl (C=O) groups excluding carboxylic acids is 1. The van der Waals surface area contributed by atoms with E-state index in [-0.39, 0.29) is 5.75 Å². The lowest BCUT2D eigenvalue weighted by Gasteiger charge is -2.12. The Morgan fingerprint density at radius 1 is 1.62 bits per heavy atom. The van der Waals surface area contributed by atoms with Gasteiger partial charge in [-0.05, 0) is 31.5 Å². The van der Waals surface area contributed by atoms with Gasteiger partial charge in [0, 0.05) is 17.1 Å². The van der Waals surface area contributed by atoms with Gasteiger partial charge in [0.15, 0.2) is 0 Å². The van der Waals surface area contributed by atoms with Gasteiger partial charge in [0.25, 0.3) is 0 Å². The molecule has 1 aromatic carbocycles. The van der Waals surface area contributed by atoms with Crippen LogP contribution in [0.4, 0.5) is 0 Å². The highest BCUT2D eigenvalue weighted by molar-refractivity contribution is 6.30. The van der Waals surface area contributed by atoms with E-state index in [4.69, 9.17) is 17.3 Å². The quantitative estimate of drug-likeness (QED) is 0.745. The van der Waals surface area contributed by atoms with E-state index in [1.54, 1.807) is 26.0 Å². The highest BCUT2D eigenvalue weighted by atomic mass is 35.5. The lowest BCUT2D eigenvalue weighted by Crippen LogP contribution is -2.38. The fourth-order valence-electron chi connectivity index (χ4n) is 1.30. The summed E-state index contributed by atoms with van der Waals surface area (Å²) in [6, 6.07) is 2.89. The zero-order valence-corrected chi connectivity index (χ0v) is 10.0. The average molecular weight is 243 g/mol. The molecule has 1 unspecified atom stereocenters. The molecule has 0 saturated heterocycles. The maximum Gasteiger partial charge on any atom is 0.234 e. The third kappa shape index (κ3) is 3.12. The Kier molecular flexibility index (Phi) is 4.15. The van der Waals surface area contributed by atoms with Crippen LogP contribution in [0.2, 0.25) is 5.02 Å². The van der Waals surface area contributed by atoms with E-state index in [1.807, 2.05) is 0 Å². The zero-order chi connectivity index (χ0) is 12.3. The van der Waals surface area contributed by atoms with Crippen LogP contribution in [0.5, 0.6) is 5.75 Å². The number of amides is 1. The zero-order valence-electron chi connectivity index (χ0n) is 9.25. The third-order valence-corrected chi connectivity index (χ3v) is 2.59. The number of benzene rings is 1. The van der Waals surface area contributed by atoms with Crippen LogP contribution in [0.25, 0.3) is 0 Å². The van der Waals surface area contributed by atoms with E-state index in [9.17, 15) is 9.90 Å². The van der Waals surface area contributed by atoms with Crippen molar-refractivity contribution in [3.63, 3.8) is 0 Å². The molecule has 0 bridgehead atoms. The van der Waals surface area contributed by atoms with Crippen LogP contribution in [0, 0.1) is 6.92 Å². The van der Waals surface area contributed by atoms with E-state index >= 15 is 0 Å². The van der Waals surface area contributed by atoms with Gasteiger partial charge < -0.3 is 16.2 Å². The standard InChI is InChI=1S/C11H15ClN2O2/c1-6-3-9(12)4-8(10(6)15)5-14-7(2)11(13)16/h3-4,7,14-15H,5H2,1-2H3,(H2,13,16). The largest absolute Gasteiger partial charge is 0.507 e. The number of aryl methyl sites for hydroxylation is 1. The molecule has 1 atom stereocenters. The van der Waals surface area contributed by atoms with Crippen LogP contribution < -0.4 is 11.1 Å². The van der Waals surface area contributed by atoms with Gasteiger partial charge >= 0.3 is 0 Å². The molecule has 0 aliphatic carbocycles. The van der Waals surface area contributed by atoms with E-state index in [1.165, 1.54) is 0 Å². The molecular formula is C11H15ClN2O2. The minimum absolute atomic E-state index is 0.188. The number of carbonyl (C=O) groups is 1. The summed E-state index contributed by atoms with van der Waals surface area (Å²) >= 11 is 5.87. The van der Waals surface area contributed by atoms with Crippen LogP contribution in [-0.4, -0.2) is 17.1 Å².